The van der Waals surface area contributed by atoms with Gasteiger partial charge in [-0.3, -0.25) is 0 Å². The Morgan fingerprint density at radius 1 is 1.20 bits per heavy atom. The van der Waals surface area contributed by atoms with Crippen LogP contribution in [0.25, 0.3) is 0 Å². The summed E-state index contributed by atoms with van der Waals surface area (Å²) in [7, 11) is 0. The van der Waals surface area contributed by atoms with Crippen LogP contribution in [0.2, 0.25) is 0 Å². The quantitative estimate of drug-likeness (QED) is 0.687. The van der Waals surface area contributed by atoms with Gasteiger partial charge in [0.25, 0.3) is 0 Å². The minimum Gasteiger partial charge on any atom is -0.309 e. The molecule has 0 spiro atoms. The summed E-state index contributed by atoms with van der Waals surface area (Å²) in [5.74, 6) is 1.66. The first-order valence-electron chi connectivity index (χ1n) is 8.24. The summed E-state index contributed by atoms with van der Waals surface area (Å²) in [5, 5.41) is 3.66. The van der Waals surface area contributed by atoms with Gasteiger partial charge < -0.3 is 5.32 Å². The molecular weight excluding hydrogens is 246 g/mol. The van der Waals surface area contributed by atoms with Crippen LogP contribution in [-0.4, -0.2) is 16.5 Å². The van der Waals surface area contributed by atoms with E-state index in [0.29, 0.717) is 6.04 Å². The lowest BCUT2D eigenvalue weighted by atomic mass is 9.90. The van der Waals surface area contributed by atoms with Crippen molar-refractivity contribution in [2.24, 2.45) is 5.92 Å². The number of aryl methyl sites for hydroxylation is 1. The Kier molecular flexibility index (Phi) is 8.43. The third kappa shape index (κ3) is 6.00. The summed E-state index contributed by atoms with van der Waals surface area (Å²) in [6, 6.07) is 2.44. The van der Waals surface area contributed by atoms with Gasteiger partial charge in [-0.05, 0) is 38.3 Å². The monoisotopic (exact) mass is 277 g/mol. The van der Waals surface area contributed by atoms with E-state index in [-0.39, 0.29) is 0 Å². The minimum atomic E-state index is 0.374. The fourth-order valence-electron chi connectivity index (χ4n) is 2.61. The van der Waals surface area contributed by atoms with Gasteiger partial charge in [0.1, 0.15) is 5.82 Å². The van der Waals surface area contributed by atoms with Crippen LogP contribution in [0.3, 0.4) is 0 Å². The highest BCUT2D eigenvalue weighted by molar-refractivity contribution is 5.07. The molecule has 0 saturated carbocycles. The molecule has 114 valence electrons. The van der Waals surface area contributed by atoms with Gasteiger partial charge in [0.15, 0.2) is 0 Å². The zero-order valence-electron chi connectivity index (χ0n) is 13.7. The molecule has 0 aliphatic carbocycles. The predicted molar refractivity (Wildman–Crippen MR) is 85.7 cm³/mol. The highest BCUT2D eigenvalue weighted by Crippen LogP contribution is 2.25. The third-order valence-electron chi connectivity index (χ3n) is 3.91. The Morgan fingerprint density at radius 3 is 2.60 bits per heavy atom. The van der Waals surface area contributed by atoms with Gasteiger partial charge >= 0.3 is 0 Å². The van der Waals surface area contributed by atoms with Crippen LogP contribution in [-0.2, 0) is 0 Å². The summed E-state index contributed by atoms with van der Waals surface area (Å²) in [6.07, 6.45) is 9.44. The van der Waals surface area contributed by atoms with E-state index in [0.717, 1.165) is 30.4 Å². The summed E-state index contributed by atoms with van der Waals surface area (Å²) in [6.45, 7) is 9.81. The fraction of sp³-hybridized carbons (Fsp3) is 0.765. The second-order valence-corrected chi connectivity index (χ2v) is 5.69. The molecule has 0 saturated heterocycles. The first-order chi connectivity index (χ1) is 9.71. The Labute approximate surface area is 124 Å². The molecular formula is C17H31N3. The molecule has 0 fully saturated rings. The molecule has 1 rings (SSSR count). The summed E-state index contributed by atoms with van der Waals surface area (Å²) in [5.41, 5.74) is 1.15. The number of unbranched alkanes of at least 4 members (excludes halogenated alkanes) is 1. The Morgan fingerprint density at radius 2 is 2.00 bits per heavy atom. The van der Waals surface area contributed by atoms with Crippen molar-refractivity contribution in [2.45, 2.75) is 72.3 Å². The second-order valence-electron chi connectivity index (χ2n) is 5.69. The third-order valence-corrected chi connectivity index (χ3v) is 3.91. The first kappa shape index (κ1) is 17.1. The van der Waals surface area contributed by atoms with Crippen molar-refractivity contribution in [1.29, 1.82) is 0 Å². The molecule has 0 aliphatic heterocycles. The number of nitrogens with zero attached hydrogens (tertiary/aromatic N) is 2. The molecule has 2 atom stereocenters. The van der Waals surface area contributed by atoms with E-state index in [1.54, 1.807) is 0 Å². The normalized spacial score (nSPS) is 14.2. The van der Waals surface area contributed by atoms with Crippen molar-refractivity contribution >= 4 is 0 Å². The van der Waals surface area contributed by atoms with E-state index in [4.69, 9.17) is 0 Å². The van der Waals surface area contributed by atoms with E-state index in [2.05, 4.69) is 42.1 Å². The molecule has 0 amide bonds. The van der Waals surface area contributed by atoms with Crippen molar-refractivity contribution in [1.82, 2.24) is 15.3 Å². The molecule has 0 bridgehead atoms. The summed E-state index contributed by atoms with van der Waals surface area (Å²) in [4.78, 5) is 8.83. The van der Waals surface area contributed by atoms with Gasteiger partial charge in [-0.25, -0.2) is 9.97 Å². The zero-order valence-corrected chi connectivity index (χ0v) is 13.7. The standard InChI is InChI=1S/C17H31N3/c1-5-8-9-15(7-3)13-17(19-11-6-2)16-10-12-18-14(4)20-16/h10,12,15,17,19H,5-9,11,13H2,1-4H3. The van der Waals surface area contributed by atoms with Crippen molar-refractivity contribution in [2.75, 3.05) is 6.54 Å². The maximum atomic E-state index is 4.62. The van der Waals surface area contributed by atoms with Gasteiger partial charge in [0, 0.05) is 12.2 Å². The van der Waals surface area contributed by atoms with Gasteiger partial charge in [-0.15, -0.1) is 0 Å². The van der Waals surface area contributed by atoms with Gasteiger partial charge in [0.2, 0.25) is 0 Å². The Bertz CT molecular complexity index is 365. The van der Waals surface area contributed by atoms with E-state index in [9.17, 15) is 0 Å². The van der Waals surface area contributed by atoms with Crippen molar-refractivity contribution in [3.8, 4) is 0 Å². The lowest BCUT2D eigenvalue weighted by Gasteiger charge is -2.23. The topological polar surface area (TPSA) is 37.8 Å². The molecule has 0 radical (unpaired) electrons. The number of nitrogens with one attached hydrogen (secondary N) is 1. The largest absolute Gasteiger partial charge is 0.309 e. The van der Waals surface area contributed by atoms with Crippen LogP contribution in [0.1, 0.15) is 76.9 Å². The summed E-state index contributed by atoms with van der Waals surface area (Å²) < 4.78 is 0. The SMILES string of the molecule is CCCCC(CC)CC(NCCC)c1ccnc(C)n1. The highest BCUT2D eigenvalue weighted by Gasteiger charge is 2.17. The van der Waals surface area contributed by atoms with Crippen molar-refractivity contribution < 1.29 is 0 Å². The van der Waals surface area contributed by atoms with Gasteiger partial charge in [-0.2, -0.15) is 0 Å². The van der Waals surface area contributed by atoms with Gasteiger partial charge in [0.05, 0.1) is 5.69 Å². The molecule has 1 heterocycles. The van der Waals surface area contributed by atoms with E-state index < -0.39 is 0 Å². The number of hydrogen-bond acceptors (Lipinski definition) is 3. The Hall–Kier alpha value is -0.960. The average molecular weight is 277 g/mol. The number of hydrogen-bond donors (Lipinski definition) is 1. The van der Waals surface area contributed by atoms with Crippen molar-refractivity contribution in [3.05, 3.63) is 23.8 Å². The molecule has 3 nitrogen and oxygen atoms in total. The molecule has 2 unspecified atom stereocenters. The Balaban J connectivity index is 2.72. The summed E-state index contributed by atoms with van der Waals surface area (Å²) >= 11 is 0. The molecule has 1 aromatic rings. The predicted octanol–water partition coefficient (Wildman–Crippen LogP) is 4.43. The highest BCUT2D eigenvalue weighted by atomic mass is 15.0. The maximum absolute atomic E-state index is 4.62. The zero-order chi connectivity index (χ0) is 14.8. The number of aromatic nitrogens is 2. The van der Waals surface area contributed by atoms with Crippen LogP contribution < -0.4 is 5.32 Å². The van der Waals surface area contributed by atoms with Crippen LogP contribution in [0, 0.1) is 12.8 Å². The molecule has 1 aromatic heterocycles. The molecule has 3 heteroatoms. The van der Waals surface area contributed by atoms with Crippen molar-refractivity contribution in [3.63, 3.8) is 0 Å². The van der Waals surface area contributed by atoms with Crippen LogP contribution in [0.15, 0.2) is 12.3 Å². The molecule has 0 aliphatic rings. The lowest BCUT2D eigenvalue weighted by Crippen LogP contribution is -2.25. The van der Waals surface area contributed by atoms with E-state index in [1.807, 2.05) is 13.1 Å². The maximum Gasteiger partial charge on any atom is 0.125 e. The molecule has 1 N–H and O–H groups in total. The average Bonchev–Trinajstić information content (AvgIpc) is 2.46. The van der Waals surface area contributed by atoms with Crippen LogP contribution >= 0.6 is 0 Å². The second kappa shape index (κ2) is 9.87. The minimum absolute atomic E-state index is 0.374. The molecule has 20 heavy (non-hydrogen) atoms. The lowest BCUT2D eigenvalue weighted by molar-refractivity contribution is 0.349. The van der Waals surface area contributed by atoms with E-state index >= 15 is 0 Å². The molecule has 0 aromatic carbocycles. The van der Waals surface area contributed by atoms with Crippen LogP contribution in [0.4, 0.5) is 0 Å². The number of rotatable bonds is 10. The van der Waals surface area contributed by atoms with Crippen LogP contribution in [0.5, 0.6) is 0 Å². The fourth-order valence-corrected chi connectivity index (χ4v) is 2.61. The smallest absolute Gasteiger partial charge is 0.125 e. The first-order valence-corrected chi connectivity index (χ1v) is 8.24. The van der Waals surface area contributed by atoms with E-state index in [1.165, 1.54) is 32.1 Å². The van der Waals surface area contributed by atoms with Gasteiger partial charge in [-0.1, -0.05) is 46.5 Å².